The van der Waals surface area contributed by atoms with Gasteiger partial charge in [-0.25, -0.2) is 0 Å². The molecule has 1 amide bonds. The number of ether oxygens (including phenoxy) is 1. The minimum absolute atomic E-state index is 0.0765. The highest BCUT2D eigenvalue weighted by atomic mass is 79.9. The zero-order valence-electron chi connectivity index (χ0n) is 10.8. The molecule has 0 unspecified atom stereocenters. The molecule has 2 aromatic rings. The van der Waals surface area contributed by atoms with Crippen molar-refractivity contribution in [2.45, 2.75) is 6.92 Å². The third-order valence-electron chi connectivity index (χ3n) is 2.59. The van der Waals surface area contributed by atoms with Crippen LogP contribution in [0.25, 0.3) is 0 Å². The van der Waals surface area contributed by atoms with Crippen molar-refractivity contribution >= 4 is 39.1 Å². The number of carbonyl (C=O) groups is 1. The fraction of sp³-hybridized carbons (Fsp3) is 0.133. The summed E-state index contributed by atoms with van der Waals surface area (Å²) >= 11 is 9.36. The molecular formula is C15H13BrClNO2. The second-order valence-electron chi connectivity index (χ2n) is 4.25. The third-order valence-corrected chi connectivity index (χ3v) is 3.54. The molecule has 0 bridgehead atoms. The Labute approximate surface area is 131 Å². The van der Waals surface area contributed by atoms with E-state index in [1.165, 1.54) is 0 Å². The van der Waals surface area contributed by atoms with Gasteiger partial charge < -0.3 is 10.1 Å². The summed E-state index contributed by atoms with van der Waals surface area (Å²) in [6.45, 7) is 1.91. The van der Waals surface area contributed by atoms with Gasteiger partial charge in [0.25, 0.3) is 5.91 Å². The molecule has 2 aromatic carbocycles. The molecule has 0 aliphatic rings. The van der Waals surface area contributed by atoms with Gasteiger partial charge in [-0.3, -0.25) is 4.79 Å². The molecule has 0 atom stereocenters. The highest BCUT2D eigenvalue weighted by molar-refractivity contribution is 9.10. The molecule has 0 aliphatic carbocycles. The minimum atomic E-state index is -0.259. The number of anilines is 1. The van der Waals surface area contributed by atoms with Crippen LogP contribution in [0.2, 0.25) is 5.02 Å². The van der Waals surface area contributed by atoms with Crippen LogP contribution in [0, 0.1) is 6.92 Å². The Morgan fingerprint density at radius 1 is 1.30 bits per heavy atom. The lowest BCUT2D eigenvalue weighted by Crippen LogP contribution is -2.20. The summed E-state index contributed by atoms with van der Waals surface area (Å²) in [6.07, 6.45) is 0. The molecule has 0 saturated heterocycles. The lowest BCUT2D eigenvalue weighted by atomic mass is 10.2. The maximum absolute atomic E-state index is 11.8. The van der Waals surface area contributed by atoms with Crippen LogP contribution in [-0.2, 0) is 4.79 Å². The quantitative estimate of drug-likeness (QED) is 0.882. The second kappa shape index (κ2) is 6.77. The minimum Gasteiger partial charge on any atom is -0.483 e. The summed E-state index contributed by atoms with van der Waals surface area (Å²) in [5.41, 5.74) is 1.69. The van der Waals surface area contributed by atoms with Crippen LogP contribution in [0.3, 0.4) is 0 Å². The Morgan fingerprint density at radius 3 is 2.75 bits per heavy atom. The third kappa shape index (κ3) is 3.99. The molecule has 3 nitrogen and oxygen atoms in total. The second-order valence-corrected chi connectivity index (χ2v) is 5.51. The van der Waals surface area contributed by atoms with Gasteiger partial charge in [-0.1, -0.05) is 29.8 Å². The van der Waals surface area contributed by atoms with Crippen molar-refractivity contribution in [2.75, 3.05) is 11.9 Å². The van der Waals surface area contributed by atoms with Crippen LogP contribution in [0.5, 0.6) is 5.75 Å². The predicted molar refractivity (Wildman–Crippen MR) is 84.5 cm³/mol. The summed E-state index contributed by atoms with van der Waals surface area (Å²) < 4.78 is 6.29. The molecule has 0 aromatic heterocycles. The molecule has 0 radical (unpaired) electrons. The van der Waals surface area contributed by atoms with Gasteiger partial charge in [0, 0.05) is 0 Å². The van der Waals surface area contributed by atoms with E-state index < -0.39 is 0 Å². The number of para-hydroxylation sites is 1. The molecule has 0 aliphatic heterocycles. The molecule has 20 heavy (non-hydrogen) atoms. The van der Waals surface area contributed by atoms with E-state index in [0.29, 0.717) is 16.5 Å². The van der Waals surface area contributed by atoms with Gasteiger partial charge in [0.15, 0.2) is 6.61 Å². The number of benzene rings is 2. The summed E-state index contributed by atoms with van der Waals surface area (Å²) in [5.74, 6) is 0.371. The van der Waals surface area contributed by atoms with Gasteiger partial charge in [-0.05, 0) is 52.7 Å². The average molecular weight is 355 g/mol. The van der Waals surface area contributed by atoms with Gasteiger partial charge in [0.1, 0.15) is 5.75 Å². The Hall–Kier alpha value is -1.52. The topological polar surface area (TPSA) is 38.3 Å². The number of hydrogen-bond acceptors (Lipinski definition) is 2. The van der Waals surface area contributed by atoms with Crippen LogP contribution in [0.15, 0.2) is 46.9 Å². The molecule has 5 heteroatoms. The Morgan fingerprint density at radius 2 is 2.05 bits per heavy atom. The smallest absolute Gasteiger partial charge is 0.262 e. The van der Waals surface area contributed by atoms with E-state index >= 15 is 0 Å². The van der Waals surface area contributed by atoms with Crippen molar-refractivity contribution in [3.63, 3.8) is 0 Å². The molecule has 0 spiro atoms. The zero-order valence-corrected chi connectivity index (χ0v) is 13.2. The maximum atomic E-state index is 11.8. The number of carbonyl (C=O) groups excluding carboxylic acids is 1. The molecule has 2 rings (SSSR count). The number of halogens is 2. The van der Waals surface area contributed by atoms with Crippen LogP contribution in [0.4, 0.5) is 5.69 Å². The normalized spacial score (nSPS) is 10.2. The molecule has 1 N–H and O–H groups in total. The Balaban J connectivity index is 1.94. The first-order valence-corrected chi connectivity index (χ1v) is 7.16. The Bertz CT molecular complexity index is 631. The van der Waals surface area contributed by atoms with E-state index in [1.807, 2.05) is 25.1 Å². The van der Waals surface area contributed by atoms with Crippen LogP contribution >= 0.6 is 27.5 Å². The summed E-state index contributed by atoms with van der Waals surface area (Å²) in [5, 5.41) is 3.20. The van der Waals surface area contributed by atoms with Crippen molar-refractivity contribution < 1.29 is 9.53 Å². The fourth-order valence-corrected chi connectivity index (χ4v) is 2.41. The maximum Gasteiger partial charge on any atom is 0.262 e. The SMILES string of the molecule is Cc1ccc(OCC(=O)Nc2ccccc2Cl)c(Br)c1. The molecule has 104 valence electrons. The number of nitrogens with one attached hydrogen (secondary N) is 1. The molecule has 0 heterocycles. The molecule has 0 fully saturated rings. The predicted octanol–water partition coefficient (Wildman–Crippen LogP) is 4.43. The number of aryl methyl sites for hydroxylation is 1. The lowest BCUT2D eigenvalue weighted by Gasteiger charge is -2.10. The first kappa shape index (κ1) is 14.9. The summed E-state index contributed by atoms with van der Waals surface area (Å²) in [6, 6.07) is 12.7. The van der Waals surface area contributed by atoms with Crippen LogP contribution < -0.4 is 10.1 Å². The van der Waals surface area contributed by atoms with E-state index in [0.717, 1.165) is 10.0 Å². The van der Waals surface area contributed by atoms with Gasteiger partial charge >= 0.3 is 0 Å². The first-order chi connectivity index (χ1) is 9.56. The van der Waals surface area contributed by atoms with Crippen molar-refractivity contribution in [3.8, 4) is 5.75 Å². The lowest BCUT2D eigenvalue weighted by molar-refractivity contribution is -0.118. The van der Waals surface area contributed by atoms with E-state index in [-0.39, 0.29) is 12.5 Å². The fourth-order valence-electron chi connectivity index (χ4n) is 1.62. The van der Waals surface area contributed by atoms with Crippen molar-refractivity contribution in [1.29, 1.82) is 0 Å². The van der Waals surface area contributed by atoms with E-state index in [2.05, 4.69) is 21.2 Å². The first-order valence-electron chi connectivity index (χ1n) is 5.99. The standard InChI is InChI=1S/C15H13BrClNO2/c1-10-6-7-14(11(16)8-10)20-9-15(19)18-13-5-3-2-4-12(13)17/h2-8H,9H2,1H3,(H,18,19). The van der Waals surface area contributed by atoms with Crippen LogP contribution in [0.1, 0.15) is 5.56 Å². The van der Waals surface area contributed by atoms with Crippen LogP contribution in [-0.4, -0.2) is 12.5 Å². The monoisotopic (exact) mass is 353 g/mol. The zero-order chi connectivity index (χ0) is 14.5. The molecule has 0 saturated carbocycles. The summed E-state index contributed by atoms with van der Waals surface area (Å²) in [7, 11) is 0. The largest absolute Gasteiger partial charge is 0.483 e. The highest BCUT2D eigenvalue weighted by Gasteiger charge is 2.08. The van der Waals surface area contributed by atoms with E-state index in [1.54, 1.807) is 24.3 Å². The molecular weight excluding hydrogens is 342 g/mol. The number of rotatable bonds is 4. The van der Waals surface area contributed by atoms with E-state index in [4.69, 9.17) is 16.3 Å². The van der Waals surface area contributed by atoms with Gasteiger partial charge in [0.05, 0.1) is 15.2 Å². The highest BCUT2D eigenvalue weighted by Crippen LogP contribution is 2.26. The average Bonchev–Trinajstić information content (AvgIpc) is 2.40. The van der Waals surface area contributed by atoms with Crippen molar-refractivity contribution in [3.05, 3.63) is 57.5 Å². The summed E-state index contributed by atoms with van der Waals surface area (Å²) in [4.78, 5) is 11.8. The number of hydrogen-bond donors (Lipinski definition) is 1. The van der Waals surface area contributed by atoms with Crippen molar-refractivity contribution in [1.82, 2.24) is 0 Å². The van der Waals surface area contributed by atoms with Gasteiger partial charge in [0.2, 0.25) is 0 Å². The van der Waals surface area contributed by atoms with E-state index in [9.17, 15) is 4.79 Å². The van der Waals surface area contributed by atoms with Gasteiger partial charge in [-0.15, -0.1) is 0 Å². The number of amides is 1. The van der Waals surface area contributed by atoms with Crippen molar-refractivity contribution in [2.24, 2.45) is 0 Å². The van der Waals surface area contributed by atoms with Gasteiger partial charge in [-0.2, -0.15) is 0 Å². The Kier molecular flexibility index (Phi) is 5.04.